The van der Waals surface area contributed by atoms with E-state index in [1.165, 1.54) is 0 Å². The van der Waals surface area contributed by atoms with Crippen molar-refractivity contribution >= 4 is 5.91 Å². The number of nitrogens with one attached hydrogen (secondary N) is 1. The zero-order chi connectivity index (χ0) is 21.5. The van der Waals surface area contributed by atoms with Crippen molar-refractivity contribution in [2.24, 2.45) is 5.92 Å². The van der Waals surface area contributed by atoms with Crippen LogP contribution in [0.2, 0.25) is 0 Å². The summed E-state index contributed by atoms with van der Waals surface area (Å²) in [5.74, 6) is 2.79. The molecule has 0 aliphatic carbocycles. The molecule has 1 saturated heterocycles. The molecule has 1 N–H and O–H groups in total. The molecule has 1 fully saturated rings. The average molecular weight is 422 g/mol. The summed E-state index contributed by atoms with van der Waals surface area (Å²) < 4.78 is 7.53. The number of likely N-dealkylation sites (tertiary alicyclic amines) is 1. The van der Waals surface area contributed by atoms with E-state index in [1.54, 1.807) is 41.0 Å². The summed E-state index contributed by atoms with van der Waals surface area (Å²) in [6.07, 6.45) is 4.32. The lowest BCUT2D eigenvalue weighted by Crippen LogP contribution is -2.53. The van der Waals surface area contributed by atoms with E-state index in [0.29, 0.717) is 13.1 Å². The van der Waals surface area contributed by atoms with Gasteiger partial charge < -0.3 is 14.3 Å². The number of hydrogen-bond donors (Lipinski definition) is 1. The van der Waals surface area contributed by atoms with Crippen molar-refractivity contribution in [2.75, 3.05) is 20.1 Å². The standard InChI is InChI=1S/C23H27N5O3/c1-15-6-7-18(31-15)13-27-11-16-10-17(12-27)22(28-19(16)4-3-5-21(28)29)23(30)26(2)14-20-24-8-9-25-20/h3-9,16-17,22H,10-14H2,1-2H3,(H,24,25)/t16-,17+,22+/m0/s1. The Morgan fingerprint density at radius 3 is 2.90 bits per heavy atom. The topological polar surface area (TPSA) is 87.4 Å². The third kappa shape index (κ3) is 3.72. The lowest BCUT2D eigenvalue weighted by Gasteiger charge is -2.46. The highest BCUT2D eigenvalue weighted by atomic mass is 16.3. The van der Waals surface area contributed by atoms with Gasteiger partial charge in [0.15, 0.2) is 0 Å². The summed E-state index contributed by atoms with van der Waals surface area (Å²) >= 11 is 0. The van der Waals surface area contributed by atoms with Crippen LogP contribution in [0, 0.1) is 12.8 Å². The van der Waals surface area contributed by atoms with Crippen LogP contribution in [0.5, 0.6) is 0 Å². The molecule has 3 atom stereocenters. The molecule has 2 bridgehead atoms. The molecule has 162 valence electrons. The zero-order valence-corrected chi connectivity index (χ0v) is 17.8. The molecule has 0 aromatic carbocycles. The summed E-state index contributed by atoms with van der Waals surface area (Å²) in [7, 11) is 1.77. The highest BCUT2D eigenvalue weighted by Gasteiger charge is 2.44. The number of nitrogens with zero attached hydrogens (tertiary/aromatic N) is 4. The van der Waals surface area contributed by atoms with Crippen molar-refractivity contribution in [1.29, 1.82) is 0 Å². The monoisotopic (exact) mass is 421 g/mol. The number of likely N-dealkylation sites (N-methyl/N-ethyl adjacent to an activating group) is 1. The number of piperidine rings is 1. The fraction of sp³-hybridized carbons (Fsp3) is 0.435. The molecule has 31 heavy (non-hydrogen) atoms. The third-order valence-corrected chi connectivity index (χ3v) is 6.47. The molecule has 0 saturated carbocycles. The molecule has 8 heteroatoms. The predicted molar refractivity (Wildman–Crippen MR) is 114 cm³/mol. The Morgan fingerprint density at radius 2 is 2.16 bits per heavy atom. The number of amides is 1. The molecule has 2 aliphatic rings. The van der Waals surface area contributed by atoms with Crippen LogP contribution >= 0.6 is 0 Å². The molecule has 5 rings (SSSR count). The van der Waals surface area contributed by atoms with Crippen molar-refractivity contribution < 1.29 is 9.21 Å². The van der Waals surface area contributed by atoms with Gasteiger partial charge in [0, 0.05) is 56.1 Å². The molecule has 5 heterocycles. The normalized spacial score (nSPS) is 22.8. The number of aromatic nitrogens is 3. The Kier molecular flexibility index (Phi) is 5.02. The van der Waals surface area contributed by atoms with Crippen LogP contribution in [0.1, 0.15) is 41.4 Å². The van der Waals surface area contributed by atoms with E-state index in [1.807, 2.05) is 25.1 Å². The maximum absolute atomic E-state index is 13.6. The molecule has 8 nitrogen and oxygen atoms in total. The molecule has 1 amide bonds. The molecular weight excluding hydrogens is 394 g/mol. The van der Waals surface area contributed by atoms with Gasteiger partial charge in [0.05, 0.1) is 13.1 Å². The average Bonchev–Trinajstić information content (AvgIpc) is 3.40. The Morgan fingerprint density at radius 1 is 1.29 bits per heavy atom. The van der Waals surface area contributed by atoms with Gasteiger partial charge in [0.25, 0.3) is 5.56 Å². The number of fused-ring (bicyclic) bond motifs is 4. The van der Waals surface area contributed by atoms with Gasteiger partial charge >= 0.3 is 0 Å². The number of H-pyrrole nitrogens is 1. The van der Waals surface area contributed by atoms with Crippen LogP contribution in [0.25, 0.3) is 0 Å². The first-order valence-electron chi connectivity index (χ1n) is 10.7. The molecule has 3 aromatic rings. The van der Waals surface area contributed by atoms with Crippen LogP contribution in [-0.4, -0.2) is 50.4 Å². The number of pyridine rings is 1. The van der Waals surface area contributed by atoms with Gasteiger partial charge in [-0.05, 0) is 31.5 Å². The first-order chi connectivity index (χ1) is 15.0. The summed E-state index contributed by atoms with van der Waals surface area (Å²) in [5.41, 5.74) is 0.848. The van der Waals surface area contributed by atoms with E-state index in [4.69, 9.17) is 4.42 Å². The number of furan rings is 1. The van der Waals surface area contributed by atoms with Crippen LogP contribution in [0.4, 0.5) is 0 Å². The van der Waals surface area contributed by atoms with Crippen LogP contribution in [0.15, 0.2) is 51.9 Å². The summed E-state index contributed by atoms with van der Waals surface area (Å²) in [6, 6.07) is 8.83. The maximum Gasteiger partial charge on any atom is 0.251 e. The van der Waals surface area contributed by atoms with Gasteiger partial charge in [-0.25, -0.2) is 4.98 Å². The highest BCUT2D eigenvalue weighted by Crippen LogP contribution is 2.42. The molecule has 0 spiro atoms. The number of imidazole rings is 1. The fourth-order valence-electron chi connectivity index (χ4n) is 5.18. The van der Waals surface area contributed by atoms with Crippen molar-refractivity contribution in [3.05, 3.63) is 76.1 Å². The van der Waals surface area contributed by atoms with E-state index >= 15 is 0 Å². The smallest absolute Gasteiger partial charge is 0.251 e. The Balaban J connectivity index is 1.46. The predicted octanol–water partition coefficient (Wildman–Crippen LogP) is 2.29. The minimum Gasteiger partial charge on any atom is -0.465 e. The largest absolute Gasteiger partial charge is 0.465 e. The molecular formula is C23H27N5O3. The maximum atomic E-state index is 13.6. The SMILES string of the molecule is Cc1ccc(CN2C[C@@H]3C[C@H](C2)[C@H](C(=O)N(C)Cc2ncc[nH]2)n2c3cccc2=O)o1. The Labute approximate surface area is 180 Å². The second kappa shape index (κ2) is 7.85. The van der Waals surface area contributed by atoms with Crippen molar-refractivity contribution in [1.82, 2.24) is 24.3 Å². The molecule has 0 unspecified atom stereocenters. The minimum atomic E-state index is -0.513. The zero-order valence-electron chi connectivity index (χ0n) is 17.8. The summed E-state index contributed by atoms with van der Waals surface area (Å²) in [6.45, 7) is 4.64. The van der Waals surface area contributed by atoms with Gasteiger partial charge in [-0.2, -0.15) is 0 Å². The first kappa shape index (κ1) is 19.8. The van der Waals surface area contributed by atoms with Crippen molar-refractivity contribution in [2.45, 2.75) is 38.4 Å². The summed E-state index contributed by atoms with van der Waals surface area (Å²) in [5, 5.41) is 0. The van der Waals surface area contributed by atoms with Gasteiger partial charge in [-0.3, -0.25) is 19.1 Å². The third-order valence-electron chi connectivity index (χ3n) is 6.47. The van der Waals surface area contributed by atoms with E-state index in [-0.39, 0.29) is 23.3 Å². The first-order valence-corrected chi connectivity index (χ1v) is 10.7. The van der Waals surface area contributed by atoms with E-state index < -0.39 is 6.04 Å². The molecule has 3 aromatic heterocycles. The van der Waals surface area contributed by atoms with E-state index in [0.717, 1.165) is 42.5 Å². The lowest BCUT2D eigenvalue weighted by atomic mass is 9.78. The fourth-order valence-corrected chi connectivity index (χ4v) is 5.18. The van der Waals surface area contributed by atoms with Crippen LogP contribution in [0.3, 0.4) is 0 Å². The van der Waals surface area contributed by atoms with Gasteiger partial charge in [-0.1, -0.05) is 6.07 Å². The van der Waals surface area contributed by atoms with Gasteiger partial charge in [-0.15, -0.1) is 0 Å². The van der Waals surface area contributed by atoms with Crippen LogP contribution in [-0.2, 0) is 17.9 Å². The second-order valence-corrected chi connectivity index (χ2v) is 8.73. The summed E-state index contributed by atoms with van der Waals surface area (Å²) in [4.78, 5) is 37.8. The lowest BCUT2D eigenvalue weighted by molar-refractivity contribution is -0.137. The highest BCUT2D eigenvalue weighted by molar-refractivity contribution is 5.81. The number of aromatic amines is 1. The molecule has 2 aliphatic heterocycles. The minimum absolute atomic E-state index is 0.0508. The van der Waals surface area contributed by atoms with Crippen molar-refractivity contribution in [3.63, 3.8) is 0 Å². The number of hydrogen-bond acceptors (Lipinski definition) is 5. The number of carbonyl (C=O) groups is 1. The van der Waals surface area contributed by atoms with E-state index in [2.05, 4.69) is 14.9 Å². The number of rotatable bonds is 5. The van der Waals surface area contributed by atoms with Gasteiger partial charge in [0.2, 0.25) is 5.91 Å². The van der Waals surface area contributed by atoms with Gasteiger partial charge in [0.1, 0.15) is 23.4 Å². The van der Waals surface area contributed by atoms with Crippen LogP contribution < -0.4 is 5.56 Å². The van der Waals surface area contributed by atoms with E-state index in [9.17, 15) is 9.59 Å². The number of aryl methyl sites for hydroxylation is 1. The Hall–Kier alpha value is -3.13. The second-order valence-electron chi connectivity index (χ2n) is 8.73. The Bertz CT molecular complexity index is 1130. The van der Waals surface area contributed by atoms with Crippen molar-refractivity contribution in [3.8, 4) is 0 Å². The number of carbonyl (C=O) groups excluding carboxylic acids is 1. The molecule has 0 radical (unpaired) electrons. The quantitative estimate of drug-likeness (QED) is 0.683.